The highest BCUT2D eigenvalue weighted by Gasteiger charge is 2.33. The quantitative estimate of drug-likeness (QED) is 0.826. The van der Waals surface area contributed by atoms with Gasteiger partial charge in [0.1, 0.15) is 5.78 Å². The van der Waals surface area contributed by atoms with Crippen LogP contribution in [0.2, 0.25) is 5.02 Å². The highest BCUT2D eigenvalue weighted by molar-refractivity contribution is 6.32. The van der Waals surface area contributed by atoms with Crippen molar-refractivity contribution < 1.29 is 4.79 Å². The molecule has 1 fully saturated rings. The molecule has 4 rings (SSSR count). The van der Waals surface area contributed by atoms with E-state index >= 15 is 0 Å². The average molecular weight is 315 g/mol. The highest BCUT2D eigenvalue weighted by Crippen LogP contribution is 2.45. The van der Waals surface area contributed by atoms with Crippen molar-refractivity contribution in [2.75, 3.05) is 0 Å². The van der Waals surface area contributed by atoms with E-state index in [1.807, 2.05) is 24.7 Å². The molecule has 0 radical (unpaired) electrons. The van der Waals surface area contributed by atoms with E-state index in [2.05, 4.69) is 15.6 Å². The second-order valence-corrected chi connectivity index (χ2v) is 6.82. The molecule has 4 heteroatoms. The second kappa shape index (κ2) is 5.54. The average Bonchev–Trinajstić information content (AvgIpc) is 3.12. The predicted molar refractivity (Wildman–Crippen MR) is 87.0 cm³/mol. The van der Waals surface area contributed by atoms with Crippen molar-refractivity contribution in [1.29, 1.82) is 0 Å². The van der Waals surface area contributed by atoms with Gasteiger partial charge in [0.05, 0.1) is 24.3 Å². The van der Waals surface area contributed by atoms with Crippen LogP contribution in [0.15, 0.2) is 30.7 Å². The number of carbonyl (C=O) groups is 1. The van der Waals surface area contributed by atoms with Crippen molar-refractivity contribution in [3.63, 3.8) is 0 Å². The third-order valence-electron chi connectivity index (χ3n) is 5.12. The summed E-state index contributed by atoms with van der Waals surface area (Å²) in [6, 6.07) is 5.96. The van der Waals surface area contributed by atoms with Crippen LogP contribution in [0.4, 0.5) is 0 Å². The molecular formula is C18H19ClN2O. The smallest absolute Gasteiger partial charge is 0.138 e. The van der Waals surface area contributed by atoms with Crippen LogP contribution in [0.1, 0.15) is 50.1 Å². The van der Waals surface area contributed by atoms with Crippen LogP contribution in [-0.2, 0) is 4.79 Å². The van der Waals surface area contributed by atoms with Crippen molar-refractivity contribution >= 4 is 17.4 Å². The molecule has 2 aromatic rings. The molecule has 0 bridgehead atoms. The van der Waals surface area contributed by atoms with Crippen molar-refractivity contribution in [1.82, 2.24) is 9.55 Å². The van der Waals surface area contributed by atoms with Crippen LogP contribution in [0.5, 0.6) is 0 Å². The molecule has 0 saturated heterocycles. The zero-order valence-corrected chi connectivity index (χ0v) is 13.2. The van der Waals surface area contributed by atoms with Gasteiger partial charge in [0, 0.05) is 28.5 Å². The van der Waals surface area contributed by atoms with Gasteiger partial charge in [-0.05, 0) is 18.9 Å². The molecule has 1 aliphatic heterocycles. The number of aromatic nitrogens is 2. The number of imidazole rings is 1. The number of halogens is 1. The van der Waals surface area contributed by atoms with E-state index in [-0.39, 0.29) is 12.0 Å². The summed E-state index contributed by atoms with van der Waals surface area (Å²) in [4.78, 5) is 17.0. The summed E-state index contributed by atoms with van der Waals surface area (Å²) < 4.78 is 2.11. The van der Waals surface area contributed by atoms with E-state index < -0.39 is 0 Å². The summed E-state index contributed by atoms with van der Waals surface area (Å²) in [5, 5.41) is 0.752. The van der Waals surface area contributed by atoms with E-state index in [1.165, 1.54) is 19.3 Å². The minimum atomic E-state index is 0.00984. The van der Waals surface area contributed by atoms with Gasteiger partial charge in [-0.3, -0.25) is 4.79 Å². The summed E-state index contributed by atoms with van der Waals surface area (Å²) in [5.41, 5.74) is 3.27. The van der Waals surface area contributed by atoms with Gasteiger partial charge in [-0.15, -0.1) is 0 Å². The van der Waals surface area contributed by atoms with Crippen molar-refractivity contribution in [3.05, 3.63) is 41.3 Å². The number of rotatable bonds is 3. The SMILES string of the molecule is O=C(C[C@@H]1c2c(Cl)cccc2-c2cncn21)C1CCCCC1. The molecule has 1 aliphatic carbocycles. The Labute approximate surface area is 135 Å². The Kier molecular flexibility index (Phi) is 3.53. The van der Waals surface area contributed by atoms with Crippen LogP contribution >= 0.6 is 11.6 Å². The Morgan fingerprint density at radius 2 is 2.09 bits per heavy atom. The zero-order chi connectivity index (χ0) is 15.1. The maximum atomic E-state index is 12.7. The minimum Gasteiger partial charge on any atom is -0.322 e. The lowest BCUT2D eigenvalue weighted by Gasteiger charge is -2.23. The van der Waals surface area contributed by atoms with E-state index in [0.29, 0.717) is 12.2 Å². The first-order valence-electron chi connectivity index (χ1n) is 8.09. The van der Waals surface area contributed by atoms with Gasteiger partial charge in [-0.2, -0.15) is 0 Å². The molecule has 114 valence electrons. The Bertz CT molecular complexity index is 716. The lowest BCUT2D eigenvalue weighted by molar-refractivity contribution is -0.124. The minimum absolute atomic E-state index is 0.00984. The molecule has 3 nitrogen and oxygen atoms in total. The Hall–Kier alpha value is -1.61. The highest BCUT2D eigenvalue weighted by atomic mass is 35.5. The van der Waals surface area contributed by atoms with Crippen LogP contribution < -0.4 is 0 Å². The van der Waals surface area contributed by atoms with Crippen LogP contribution in [0.25, 0.3) is 11.3 Å². The topological polar surface area (TPSA) is 34.9 Å². The van der Waals surface area contributed by atoms with E-state index in [1.54, 1.807) is 0 Å². The van der Waals surface area contributed by atoms with Crippen molar-refractivity contribution in [3.8, 4) is 11.3 Å². The number of carbonyl (C=O) groups excluding carboxylic acids is 1. The number of fused-ring (bicyclic) bond motifs is 3. The molecule has 2 heterocycles. The van der Waals surface area contributed by atoms with Crippen LogP contribution in [0.3, 0.4) is 0 Å². The van der Waals surface area contributed by atoms with Crippen molar-refractivity contribution in [2.24, 2.45) is 5.92 Å². The third kappa shape index (κ3) is 2.19. The molecule has 0 unspecified atom stereocenters. The Balaban J connectivity index is 1.66. The van der Waals surface area contributed by atoms with Gasteiger partial charge in [-0.25, -0.2) is 4.98 Å². The summed E-state index contributed by atoms with van der Waals surface area (Å²) in [5.74, 6) is 0.629. The Morgan fingerprint density at radius 3 is 2.91 bits per heavy atom. The van der Waals surface area contributed by atoms with Gasteiger partial charge >= 0.3 is 0 Å². The predicted octanol–water partition coefficient (Wildman–Crippen LogP) is 4.65. The van der Waals surface area contributed by atoms with Crippen molar-refractivity contribution in [2.45, 2.75) is 44.6 Å². The molecule has 1 saturated carbocycles. The summed E-state index contributed by atoms with van der Waals surface area (Å²) in [7, 11) is 0. The number of benzene rings is 1. The normalized spacial score (nSPS) is 20.7. The molecular weight excluding hydrogens is 296 g/mol. The maximum absolute atomic E-state index is 12.7. The molecule has 22 heavy (non-hydrogen) atoms. The first kappa shape index (κ1) is 14.0. The summed E-state index contributed by atoms with van der Waals surface area (Å²) in [6.45, 7) is 0. The molecule has 0 N–H and O–H groups in total. The number of nitrogens with zero attached hydrogens (tertiary/aromatic N) is 2. The molecule has 1 atom stereocenters. The number of Topliss-reactive ketones (excluding diaryl/α,β-unsaturated/α-hetero) is 1. The fraction of sp³-hybridized carbons (Fsp3) is 0.444. The molecule has 2 aliphatic rings. The fourth-order valence-electron chi connectivity index (χ4n) is 3.98. The first-order chi connectivity index (χ1) is 10.8. The van der Waals surface area contributed by atoms with Gasteiger partial charge in [0.2, 0.25) is 0 Å². The largest absolute Gasteiger partial charge is 0.322 e. The number of hydrogen-bond acceptors (Lipinski definition) is 2. The molecule has 1 aromatic carbocycles. The maximum Gasteiger partial charge on any atom is 0.138 e. The van der Waals surface area contributed by atoms with E-state index in [4.69, 9.17) is 11.6 Å². The van der Waals surface area contributed by atoms with Crippen LogP contribution in [0, 0.1) is 5.92 Å². The molecule has 0 spiro atoms. The van der Waals surface area contributed by atoms with E-state index in [0.717, 1.165) is 34.7 Å². The third-order valence-corrected chi connectivity index (χ3v) is 5.45. The number of hydrogen-bond donors (Lipinski definition) is 0. The summed E-state index contributed by atoms with van der Waals surface area (Å²) >= 11 is 6.44. The van der Waals surface area contributed by atoms with Crippen LogP contribution in [-0.4, -0.2) is 15.3 Å². The lowest BCUT2D eigenvalue weighted by atomic mass is 9.83. The van der Waals surface area contributed by atoms with Gasteiger partial charge in [0.25, 0.3) is 0 Å². The molecule has 0 amide bonds. The number of ketones is 1. The standard InChI is InChI=1S/C18H19ClN2O/c19-14-8-4-7-13-16-10-20-11-21(16)15(18(13)14)9-17(22)12-5-2-1-3-6-12/h4,7-8,10-12,15H,1-3,5-6,9H2/t15-/m1/s1. The molecule has 1 aromatic heterocycles. The second-order valence-electron chi connectivity index (χ2n) is 6.41. The fourth-order valence-corrected chi connectivity index (χ4v) is 4.28. The zero-order valence-electron chi connectivity index (χ0n) is 12.5. The first-order valence-corrected chi connectivity index (χ1v) is 8.47. The van der Waals surface area contributed by atoms with Gasteiger partial charge in [-0.1, -0.05) is 43.0 Å². The van der Waals surface area contributed by atoms with Gasteiger partial charge < -0.3 is 4.57 Å². The Morgan fingerprint density at radius 1 is 1.27 bits per heavy atom. The van der Waals surface area contributed by atoms with Gasteiger partial charge in [0.15, 0.2) is 0 Å². The monoisotopic (exact) mass is 314 g/mol. The lowest BCUT2D eigenvalue weighted by Crippen LogP contribution is -2.21. The van der Waals surface area contributed by atoms with E-state index in [9.17, 15) is 4.79 Å². The summed E-state index contributed by atoms with van der Waals surface area (Å²) in [6.07, 6.45) is 9.97.